The number of rotatable bonds is 14. The smallest absolute Gasteiger partial charge is 0.270 e. The largest absolute Gasteiger partial charge is 0.360 e. The van der Waals surface area contributed by atoms with E-state index in [0.29, 0.717) is 48.7 Å². The number of anilines is 1. The van der Waals surface area contributed by atoms with E-state index in [-0.39, 0.29) is 29.1 Å². The topological polar surface area (TPSA) is 116 Å². The molecule has 2 fully saturated rings. The van der Waals surface area contributed by atoms with Crippen molar-refractivity contribution in [2.75, 3.05) is 11.9 Å². The molecule has 0 aliphatic heterocycles. The lowest BCUT2D eigenvalue weighted by Crippen LogP contribution is -2.50. The molecule has 0 bridgehead atoms. The fraction of sp³-hybridized carbons (Fsp3) is 0.581. The van der Waals surface area contributed by atoms with E-state index in [1.54, 1.807) is 21.6 Å². The van der Waals surface area contributed by atoms with Gasteiger partial charge in [-0.3, -0.25) is 19.3 Å². The molecule has 12 heteroatoms. The molecule has 232 valence electrons. The van der Waals surface area contributed by atoms with E-state index < -0.39 is 19.9 Å². The first-order valence-corrected chi connectivity index (χ1v) is 19.1. The third kappa shape index (κ3) is 7.41. The van der Waals surface area contributed by atoms with Crippen molar-refractivity contribution in [3.63, 3.8) is 0 Å². The fourth-order valence-corrected chi connectivity index (χ4v) is 6.58. The number of nitrogens with zero attached hydrogens (tertiary/aromatic N) is 5. The molecule has 2 saturated carbocycles. The Morgan fingerprint density at radius 2 is 1.84 bits per heavy atom. The maximum atomic E-state index is 15.6. The summed E-state index contributed by atoms with van der Waals surface area (Å²) in [6.45, 7) is 14.0. The van der Waals surface area contributed by atoms with Gasteiger partial charge in [0.15, 0.2) is 5.82 Å². The van der Waals surface area contributed by atoms with Crippen LogP contribution in [0.15, 0.2) is 24.5 Å². The summed E-state index contributed by atoms with van der Waals surface area (Å²) in [5, 5.41) is 14.6. The summed E-state index contributed by atoms with van der Waals surface area (Å²) in [6.07, 6.45) is 7.24. The Balaban J connectivity index is 1.31. The highest BCUT2D eigenvalue weighted by Crippen LogP contribution is 2.51. The Kier molecular flexibility index (Phi) is 9.17. The quantitative estimate of drug-likeness (QED) is 0.187. The van der Waals surface area contributed by atoms with E-state index >= 15 is 4.39 Å². The highest BCUT2D eigenvalue weighted by atomic mass is 28.3. The van der Waals surface area contributed by atoms with Crippen LogP contribution in [-0.2, 0) is 22.8 Å². The van der Waals surface area contributed by atoms with E-state index in [9.17, 15) is 9.59 Å². The maximum Gasteiger partial charge on any atom is 0.270 e. The van der Waals surface area contributed by atoms with Gasteiger partial charge < -0.3 is 15.4 Å². The number of amides is 2. The number of carbonyl (C=O) groups is 2. The van der Waals surface area contributed by atoms with Gasteiger partial charge in [0.25, 0.3) is 5.91 Å². The summed E-state index contributed by atoms with van der Waals surface area (Å²) < 4.78 is 24.8. The maximum absolute atomic E-state index is 15.6. The van der Waals surface area contributed by atoms with Gasteiger partial charge in [-0.2, -0.15) is 10.2 Å². The van der Waals surface area contributed by atoms with Crippen molar-refractivity contribution in [2.45, 2.75) is 91.5 Å². The predicted molar refractivity (Wildman–Crippen MR) is 166 cm³/mol. The molecule has 0 radical (unpaired) electrons. The van der Waals surface area contributed by atoms with Crippen LogP contribution in [0.5, 0.6) is 0 Å². The number of ether oxygens (including phenoxy) is 1. The molecule has 2 aliphatic carbocycles. The Hall–Kier alpha value is -3.38. The molecule has 5 rings (SSSR count). The normalized spacial score (nSPS) is 16.0. The average molecular weight is 610 g/mol. The standard InChI is InChI=1S/C31H44FN7O3Si/c1-7-38-25(12-13-34-38)30(40)36-29(27(21-8-9-21)22-10-11-22)31(41)35-23-16-24(32)28(33-17-23)26-19(2)37-39(20(26)3)18-42-14-15-43(4,5)6/h12-13,16-17,21-22,27,29H,7-11,14-15,18H2,1-6H3,(H,35,41)(H,36,40). The molecule has 2 amide bonds. The minimum atomic E-state index is -1.20. The van der Waals surface area contributed by atoms with Crippen molar-refractivity contribution in [1.29, 1.82) is 0 Å². The predicted octanol–water partition coefficient (Wildman–Crippen LogP) is 5.40. The van der Waals surface area contributed by atoms with Gasteiger partial charge in [-0.15, -0.1) is 0 Å². The minimum absolute atomic E-state index is 0.0446. The van der Waals surface area contributed by atoms with Gasteiger partial charge in [0.1, 0.15) is 24.2 Å². The molecule has 43 heavy (non-hydrogen) atoms. The zero-order valence-corrected chi connectivity index (χ0v) is 27.1. The number of pyridine rings is 1. The monoisotopic (exact) mass is 609 g/mol. The summed E-state index contributed by atoms with van der Waals surface area (Å²) >= 11 is 0. The van der Waals surface area contributed by atoms with E-state index in [2.05, 4.69) is 45.5 Å². The van der Waals surface area contributed by atoms with Crippen molar-refractivity contribution in [3.05, 3.63) is 47.4 Å². The van der Waals surface area contributed by atoms with E-state index in [0.717, 1.165) is 37.4 Å². The lowest BCUT2D eigenvalue weighted by molar-refractivity contribution is -0.119. The fourth-order valence-electron chi connectivity index (χ4n) is 5.83. The van der Waals surface area contributed by atoms with Crippen LogP contribution in [-0.4, -0.2) is 57.1 Å². The van der Waals surface area contributed by atoms with Crippen LogP contribution < -0.4 is 10.6 Å². The molecule has 0 aromatic carbocycles. The number of aromatic nitrogens is 5. The molecule has 1 atom stereocenters. The summed E-state index contributed by atoms with van der Waals surface area (Å²) in [5.74, 6) is -0.403. The molecular formula is C31H44FN7O3Si. The van der Waals surface area contributed by atoms with Gasteiger partial charge in [-0.1, -0.05) is 19.6 Å². The first-order valence-electron chi connectivity index (χ1n) is 15.4. The van der Waals surface area contributed by atoms with Gasteiger partial charge in [-0.05, 0) is 76.3 Å². The van der Waals surface area contributed by atoms with Crippen molar-refractivity contribution in [3.8, 4) is 11.3 Å². The highest BCUT2D eigenvalue weighted by Gasteiger charge is 2.48. The van der Waals surface area contributed by atoms with Crippen LogP contribution in [0, 0.1) is 37.4 Å². The Morgan fingerprint density at radius 1 is 1.14 bits per heavy atom. The van der Waals surface area contributed by atoms with Crippen molar-refractivity contribution >= 4 is 25.6 Å². The number of hydrogen-bond acceptors (Lipinski definition) is 6. The number of halogens is 1. The number of carbonyl (C=O) groups excluding carboxylic acids is 2. The molecule has 10 nitrogen and oxygen atoms in total. The van der Waals surface area contributed by atoms with Crippen LogP contribution in [0.1, 0.15) is 54.5 Å². The lowest BCUT2D eigenvalue weighted by Gasteiger charge is -2.27. The molecule has 2 N–H and O–H groups in total. The molecule has 3 heterocycles. The molecular weight excluding hydrogens is 565 g/mol. The average Bonchev–Trinajstić information content (AvgIpc) is 3.88. The van der Waals surface area contributed by atoms with E-state index in [1.165, 1.54) is 12.3 Å². The second-order valence-electron chi connectivity index (χ2n) is 13.2. The third-order valence-corrected chi connectivity index (χ3v) is 10.2. The zero-order valence-electron chi connectivity index (χ0n) is 26.1. The molecule has 3 aromatic rings. The van der Waals surface area contributed by atoms with Gasteiger partial charge >= 0.3 is 0 Å². The third-order valence-electron chi connectivity index (χ3n) is 8.47. The Bertz CT molecular complexity index is 1460. The molecule has 0 saturated heterocycles. The van der Waals surface area contributed by atoms with Gasteiger partial charge in [0, 0.05) is 44.7 Å². The second kappa shape index (κ2) is 12.7. The van der Waals surface area contributed by atoms with E-state index in [1.807, 2.05) is 20.8 Å². The number of nitrogens with one attached hydrogen (secondary N) is 2. The lowest BCUT2D eigenvalue weighted by atomic mass is 9.88. The first kappa shape index (κ1) is 31.1. The van der Waals surface area contributed by atoms with Crippen LogP contribution >= 0.6 is 0 Å². The summed E-state index contributed by atoms with van der Waals surface area (Å²) in [4.78, 5) is 31.4. The van der Waals surface area contributed by atoms with Crippen molar-refractivity contribution in [2.24, 2.45) is 17.8 Å². The summed E-state index contributed by atoms with van der Waals surface area (Å²) in [5.41, 5.74) is 2.86. The van der Waals surface area contributed by atoms with Crippen LogP contribution in [0.3, 0.4) is 0 Å². The molecule has 3 aromatic heterocycles. The first-order chi connectivity index (χ1) is 20.5. The Morgan fingerprint density at radius 3 is 2.44 bits per heavy atom. The highest BCUT2D eigenvalue weighted by molar-refractivity contribution is 6.76. The number of hydrogen-bond donors (Lipinski definition) is 2. The zero-order chi connectivity index (χ0) is 30.9. The van der Waals surface area contributed by atoms with E-state index in [4.69, 9.17) is 4.74 Å². The number of aryl methyl sites for hydroxylation is 2. The Labute approximate surface area is 253 Å². The van der Waals surface area contributed by atoms with Gasteiger partial charge in [0.2, 0.25) is 5.91 Å². The van der Waals surface area contributed by atoms with Gasteiger partial charge in [0.05, 0.1) is 17.6 Å². The van der Waals surface area contributed by atoms with Crippen LogP contribution in [0.2, 0.25) is 25.7 Å². The second-order valence-corrected chi connectivity index (χ2v) is 18.8. The SMILES string of the molecule is CCn1nccc1C(=O)NC(C(=O)Nc1cnc(-c2c(C)nn(COCC[Si](C)(C)C)c2C)c(F)c1)C(C1CC1)C1CC1. The van der Waals surface area contributed by atoms with Crippen molar-refractivity contribution < 1.29 is 18.7 Å². The van der Waals surface area contributed by atoms with Crippen LogP contribution in [0.4, 0.5) is 10.1 Å². The van der Waals surface area contributed by atoms with Gasteiger partial charge in [-0.25, -0.2) is 9.07 Å². The van der Waals surface area contributed by atoms with Crippen LogP contribution in [0.25, 0.3) is 11.3 Å². The van der Waals surface area contributed by atoms with Crippen molar-refractivity contribution in [1.82, 2.24) is 29.9 Å². The molecule has 0 spiro atoms. The summed E-state index contributed by atoms with van der Waals surface area (Å²) in [7, 11) is -1.20. The molecule has 1 unspecified atom stereocenters. The minimum Gasteiger partial charge on any atom is -0.360 e. The summed E-state index contributed by atoms with van der Waals surface area (Å²) in [6, 6.07) is 3.26. The molecule has 2 aliphatic rings.